The summed E-state index contributed by atoms with van der Waals surface area (Å²) in [6.07, 6.45) is 0. The zero-order valence-corrected chi connectivity index (χ0v) is 11.7. The van der Waals surface area contributed by atoms with Crippen LogP contribution in [0.25, 0.3) is 0 Å². The number of pyridine rings is 1. The van der Waals surface area contributed by atoms with Crippen LogP contribution < -0.4 is 16.0 Å². The van der Waals surface area contributed by atoms with Gasteiger partial charge in [0, 0.05) is 25.5 Å². The van der Waals surface area contributed by atoms with Gasteiger partial charge in [-0.3, -0.25) is 0 Å². The van der Waals surface area contributed by atoms with E-state index in [4.69, 9.17) is 18.0 Å². The van der Waals surface area contributed by atoms with Crippen molar-refractivity contribution < 1.29 is 0 Å². The molecule has 1 aromatic carbocycles. The fraction of sp³-hybridized carbons (Fsp3) is 0.143. The lowest BCUT2D eigenvalue weighted by Crippen LogP contribution is -2.12. The number of nitrogens with zero attached hydrogens (tertiary/aromatic N) is 2. The number of hydrogen-bond donors (Lipinski definition) is 2. The van der Waals surface area contributed by atoms with E-state index in [1.165, 1.54) is 0 Å². The Labute approximate surface area is 118 Å². The van der Waals surface area contributed by atoms with Crippen molar-refractivity contribution in [2.45, 2.75) is 0 Å². The summed E-state index contributed by atoms with van der Waals surface area (Å²) < 4.78 is 0. The fourth-order valence-electron chi connectivity index (χ4n) is 1.63. The third-order valence-electron chi connectivity index (χ3n) is 2.66. The summed E-state index contributed by atoms with van der Waals surface area (Å²) in [5, 5.41) is 3.22. The highest BCUT2D eigenvalue weighted by atomic mass is 32.1. The second kappa shape index (κ2) is 5.67. The molecule has 0 radical (unpaired) electrons. The number of rotatable bonds is 4. The van der Waals surface area contributed by atoms with Gasteiger partial charge in [0.2, 0.25) is 0 Å². The van der Waals surface area contributed by atoms with Crippen molar-refractivity contribution in [1.82, 2.24) is 4.98 Å². The van der Waals surface area contributed by atoms with E-state index in [0.717, 1.165) is 17.2 Å². The van der Waals surface area contributed by atoms with Gasteiger partial charge >= 0.3 is 0 Å². The first-order chi connectivity index (χ1) is 9.06. The number of anilines is 3. The highest BCUT2D eigenvalue weighted by Gasteiger charge is 2.01. The van der Waals surface area contributed by atoms with E-state index in [9.17, 15) is 0 Å². The summed E-state index contributed by atoms with van der Waals surface area (Å²) in [7, 11) is 4.02. The minimum absolute atomic E-state index is 0.298. The molecule has 0 atom stereocenters. The van der Waals surface area contributed by atoms with Gasteiger partial charge in [0.05, 0.1) is 5.69 Å². The van der Waals surface area contributed by atoms with Crippen LogP contribution in [0, 0.1) is 0 Å². The molecule has 1 heterocycles. The maximum Gasteiger partial charge on any atom is 0.131 e. The molecule has 0 fully saturated rings. The molecule has 98 valence electrons. The quantitative estimate of drug-likeness (QED) is 0.838. The number of thiocarbonyl (C=S) groups is 1. The Hall–Kier alpha value is -2.14. The highest BCUT2D eigenvalue weighted by molar-refractivity contribution is 7.80. The molecule has 0 amide bonds. The zero-order chi connectivity index (χ0) is 13.8. The van der Waals surface area contributed by atoms with Crippen LogP contribution in [-0.2, 0) is 0 Å². The second-order valence-corrected chi connectivity index (χ2v) is 4.78. The molecule has 0 saturated heterocycles. The van der Waals surface area contributed by atoms with Crippen molar-refractivity contribution in [3.05, 3.63) is 48.2 Å². The first-order valence-corrected chi connectivity index (χ1v) is 6.28. The van der Waals surface area contributed by atoms with Crippen molar-refractivity contribution in [1.29, 1.82) is 0 Å². The number of benzene rings is 1. The van der Waals surface area contributed by atoms with Crippen LogP contribution >= 0.6 is 12.2 Å². The van der Waals surface area contributed by atoms with E-state index in [-0.39, 0.29) is 0 Å². The summed E-state index contributed by atoms with van der Waals surface area (Å²) in [6.45, 7) is 0. The van der Waals surface area contributed by atoms with Crippen molar-refractivity contribution in [3.8, 4) is 0 Å². The Bertz CT molecular complexity index is 578. The largest absolute Gasteiger partial charge is 0.388 e. The van der Waals surface area contributed by atoms with Crippen molar-refractivity contribution in [3.63, 3.8) is 0 Å². The van der Waals surface area contributed by atoms with E-state index < -0.39 is 0 Å². The van der Waals surface area contributed by atoms with Gasteiger partial charge in [0.1, 0.15) is 10.8 Å². The predicted molar refractivity (Wildman–Crippen MR) is 84.2 cm³/mol. The van der Waals surface area contributed by atoms with E-state index in [0.29, 0.717) is 10.7 Å². The van der Waals surface area contributed by atoms with Crippen LogP contribution in [0.3, 0.4) is 0 Å². The fourth-order valence-corrected chi connectivity index (χ4v) is 1.75. The first-order valence-electron chi connectivity index (χ1n) is 5.87. The molecular weight excluding hydrogens is 256 g/mol. The Balaban J connectivity index is 2.16. The van der Waals surface area contributed by atoms with Gasteiger partial charge in [-0.25, -0.2) is 4.98 Å². The molecule has 0 aliphatic rings. The smallest absolute Gasteiger partial charge is 0.131 e. The maximum absolute atomic E-state index is 5.56. The number of nitrogens with two attached hydrogens (primary N) is 1. The number of hydrogen-bond acceptors (Lipinski definition) is 4. The van der Waals surface area contributed by atoms with E-state index in [1.807, 2.05) is 50.5 Å². The van der Waals surface area contributed by atoms with Crippen LogP contribution in [0.5, 0.6) is 0 Å². The Morgan fingerprint density at radius 3 is 2.42 bits per heavy atom. The Morgan fingerprint density at radius 2 is 1.84 bits per heavy atom. The van der Waals surface area contributed by atoms with Crippen LogP contribution in [0.15, 0.2) is 42.5 Å². The molecule has 19 heavy (non-hydrogen) atoms. The molecule has 5 heteroatoms. The third-order valence-corrected chi connectivity index (χ3v) is 2.87. The standard InChI is InChI=1S/C14H16N4S/c1-18(2)11-8-6-10(7-9-11)16-13-5-3-4-12(17-13)14(15)19/h3-9H,1-2H3,(H2,15,19)(H,16,17). The number of nitrogens with one attached hydrogen (secondary N) is 1. The molecule has 3 N–H and O–H groups in total. The number of aromatic nitrogens is 1. The molecule has 0 bridgehead atoms. The molecule has 0 unspecified atom stereocenters. The third kappa shape index (κ3) is 3.42. The second-order valence-electron chi connectivity index (χ2n) is 4.34. The maximum atomic E-state index is 5.56. The average Bonchev–Trinajstić information content (AvgIpc) is 2.39. The van der Waals surface area contributed by atoms with Crippen LogP contribution in [0.4, 0.5) is 17.2 Å². The van der Waals surface area contributed by atoms with E-state index in [1.54, 1.807) is 6.07 Å². The summed E-state index contributed by atoms with van der Waals surface area (Å²) in [5.41, 5.74) is 8.30. The summed E-state index contributed by atoms with van der Waals surface area (Å²) >= 11 is 4.91. The molecule has 0 spiro atoms. The Morgan fingerprint density at radius 1 is 1.16 bits per heavy atom. The van der Waals surface area contributed by atoms with Crippen LogP contribution in [-0.4, -0.2) is 24.1 Å². The molecule has 0 saturated carbocycles. The lowest BCUT2D eigenvalue weighted by molar-refractivity contribution is 1.13. The van der Waals surface area contributed by atoms with Gasteiger partial charge in [-0.2, -0.15) is 0 Å². The molecule has 4 nitrogen and oxygen atoms in total. The zero-order valence-electron chi connectivity index (χ0n) is 10.9. The molecule has 2 rings (SSSR count). The van der Waals surface area contributed by atoms with E-state index >= 15 is 0 Å². The Kier molecular flexibility index (Phi) is 3.97. The summed E-state index contributed by atoms with van der Waals surface area (Å²) in [5.74, 6) is 0.725. The average molecular weight is 272 g/mol. The van der Waals surface area contributed by atoms with Crippen molar-refractivity contribution in [2.75, 3.05) is 24.3 Å². The van der Waals surface area contributed by atoms with Crippen molar-refractivity contribution >= 4 is 34.4 Å². The topological polar surface area (TPSA) is 54.2 Å². The monoisotopic (exact) mass is 272 g/mol. The lowest BCUT2D eigenvalue weighted by Gasteiger charge is -2.13. The first kappa shape index (κ1) is 13.3. The van der Waals surface area contributed by atoms with Crippen molar-refractivity contribution in [2.24, 2.45) is 5.73 Å². The van der Waals surface area contributed by atoms with Gasteiger partial charge < -0.3 is 16.0 Å². The van der Waals surface area contributed by atoms with Gasteiger partial charge in [-0.15, -0.1) is 0 Å². The minimum Gasteiger partial charge on any atom is -0.388 e. The van der Waals surface area contributed by atoms with Gasteiger partial charge in [-0.1, -0.05) is 18.3 Å². The summed E-state index contributed by atoms with van der Waals surface area (Å²) in [4.78, 5) is 6.69. The molecular formula is C14H16N4S. The highest BCUT2D eigenvalue weighted by Crippen LogP contribution is 2.19. The van der Waals surface area contributed by atoms with Gasteiger partial charge in [-0.05, 0) is 36.4 Å². The van der Waals surface area contributed by atoms with E-state index in [2.05, 4.69) is 15.2 Å². The molecule has 2 aromatic rings. The SMILES string of the molecule is CN(C)c1ccc(Nc2cccc(C(N)=S)n2)cc1. The van der Waals surface area contributed by atoms with Gasteiger partial charge in [0.15, 0.2) is 0 Å². The molecule has 0 aliphatic carbocycles. The molecule has 0 aliphatic heterocycles. The summed E-state index contributed by atoms with van der Waals surface area (Å²) in [6, 6.07) is 13.6. The lowest BCUT2D eigenvalue weighted by atomic mass is 10.2. The predicted octanol–water partition coefficient (Wildman–Crippen LogP) is 2.53. The normalized spacial score (nSPS) is 10.0. The minimum atomic E-state index is 0.298. The molecule has 1 aromatic heterocycles. The van der Waals surface area contributed by atoms with Gasteiger partial charge in [0.25, 0.3) is 0 Å². The van der Waals surface area contributed by atoms with Crippen LogP contribution in [0.1, 0.15) is 5.69 Å². The van der Waals surface area contributed by atoms with Crippen LogP contribution in [0.2, 0.25) is 0 Å².